The van der Waals surface area contributed by atoms with E-state index in [9.17, 15) is 4.79 Å². The number of hydrogen-bond acceptors (Lipinski definition) is 4. The lowest BCUT2D eigenvalue weighted by Gasteiger charge is -2.30. The maximum Gasteiger partial charge on any atom is 0.264 e. The maximum atomic E-state index is 12.7. The van der Waals surface area contributed by atoms with Gasteiger partial charge >= 0.3 is 0 Å². The molecule has 1 aliphatic rings. The van der Waals surface area contributed by atoms with Crippen LogP contribution in [-0.2, 0) is 0 Å². The summed E-state index contributed by atoms with van der Waals surface area (Å²) in [5.41, 5.74) is 1.29. The number of piperidine rings is 1. The summed E-state index contributed by atoms with van der Waals surface area (Å²) < 4.78 is 0. The second kappa shape index (κ2) is 6.35. The Balaban J connectivity index is 1.80. The normalized spacial score (nSPS) is 15.9. The van der Waals surface area contributed by atoms with E-state index in [-0.39, 0.29) is 5.56 Å². The van der Waals surface area contributed by atoms with E-state index >= 15 is 0 Å². The van der Waals surface area contributed by atoms with Gasteiger partial charge in [-0.2, -0.15) is 10.1 Å². The zero-order valence-corrected chi connectivity index (χ0v) is 15.2. The Kier molecular flexibility index (Phi) is 4.17. The van der Waals surface area contributed by atoms with Crippen molar-refractivity contribution in [2.45, 2.75) is 19.8 Å². The van der Waals surface area contributed by atoms with E-state index in [0.29, 0.717) is 44.2 Å². The number of aromatic amines is 2. The largest absolute Gasteiger partial charge is 0.342 e. The summed E-state index contributed by atoms with van der Waals surface area (Å²) in [4.78, 5) is 22.2. The lowest BCUT2D eigenvalue weighted by Crippen LogP contribution is -2.35. The molecule has 8 heteroatoms. The average Bonchev–Trinajstić information content (AvgIpc) is 3.02. The van der Waals surface area contributed by atoms with Crippen LogP contribution in [0.15, 0.2) is 23.0 Å². The summed E-state index contributed by atoms with van der Waals surface area (Å²) in [6, 6.07) is 5.27. The number of benzene rings is 1. The molecule has 2 N–H and O–H groups in total. The zero-order chi connectivity index (χ0) is 17.6. The standard InChI is InChI=1S/C17H17Cl2N5O/c1-9-5-7-24(8-6-9)17-20-15-12(16(25)21-17)14(22-23-15)10-3-2-4-11(18)13(10)19/h2-4,9H,5-8H2,1H3,(H2,20,21,22,23,25). The fourth-order valence-electron chi connectivity index (χ4n) is 3.18. The van der Waals surface area contributed by atoms with E-state index in [1.54, 1.807) is 18.2 Å². The summed E-state index contributed by atoms with van der Waals surface area (Å²) in [7, 11) is 0. The number of nitrogens with zero attached hydrogens (tertiary/aromatic N) is 3. The van der Waals surface area contributed by atoms with Crippen molar-refractivity contribution < 1.29 is 0 Å². The van der Waals surface area contributed by atoms with E-state index in [2.05, 4.69) is 32.0 Å². The summed E-state index contributed by atoms with van der Waals surface area (Å²) in [5.74, 6) is 1.27. The fraction of sp³-hybridized carbons (Fsp3) is 0.353. The highest BCUT2D eigenvalue weighted by molar-refractivity contribution is 6.43. The highest BCUT2D eigenvalue weighted by Crippen LogP contribution is 2.34. The first-order chi connectivity index (χ1) is 12.0. The molecule has 1 aliphatic heterocycles. The number of halogens is 2. The van der Waals surface area contributed by atoms with E-state index < -0.39 is 0 Å². The first-order valence-electron chi connectivity index (χ1n) is 8.22. The first-order valence-corrected chi connectivity index (χ1v) is 8.98. The van der Waals surface area contributed by atoms with Crippen molar-refractivity contribution in [3.05, 3.63) is 38.6 Å². The van der Waals surface area contributed by atoms with Crippen LogP contribution < -0.4 is 10.5 Å². The highest BCUT2D eigenvalue weighted by Gasteiger charge is 2.21. The van der Waals surface area contributed by atoms with Crippen molar-refractivity contribution in [3.63, 3.8) is 0 Å². The second-order valence-corrected chi connectivity index (χ2v) is 7.24. The topological polar surface area (TPSA) is 77.7 Å². The Bertz CT molecular complexity index is 988. The summed E-state index contributed by atoms with van der Waals surface area (Å²) in [5, 5.41) is 8.28. The third kappa shape index (κ3) is 2.89. The van der Waals surface area contributed by atoms with Crippen LogP contribution in [0.3, 0.4) is 0 Å². The van der Waals surface area contributed by atoms with E-state index in [1.807, 2.05) is 0 Å². The van der Waals surface area contributed by atoms with Crippen LogP contribution >= 0.6 is 23.2 Å². The molecule has 1 aromatic carbocycles. The molecule has 0 bridgehead atoms. The molecule has 3 aromatic rings. The summed E-state index contributed by atoms with van der Waals surface area (Å²) in [6.07, 6.45) is 2.18. The summed E-state index contributed by atoms with van der Waals surface area (Å²) in [6.45, 7) is 4.01. The number of aromatic nitrogens is 4. The van der Waals surface area contributed by atoms with Crippen LogP contribution in [0.25, 0.3) is 22.3 Å². The fourth-order valence-corrected chi connectivity index (χ4v) is 3.58. The molecule has 2 aromatic heterocycles. The minimum Gasteiger partial charge on any atom is -0.342 e. The minimum absolute atomic E-state index is 0.238. The molecule has 130 valence electrons. The van der Waals surface area contributed by atoms with Gasteiger partial charge in [0.25, 0.3) is 5.56 Å². The molecule has 6 nitrogen and oxygen atoms in total. The molecule has 0 unspecified atom stereocenters. The molecule has 1 fully saturated rings. The van der Waals surface area contributed by atoms with E-state index in [4.69, 9.17) is 23.2 Å². The summed E-state index contributed by atoms with van der Waals surface area (Å²) >= 11 is 12.4. The highest BCUT2D eigenvalue weighted by atomic mass is 35.5. The minimum atomic E-state index is -0.238. The van der Waals surface area contributed by atoms with Gasteiger partial charge in [0, 0.05) is 18.7 Å². The van der Waals surface area contributed by atoms with Crippen molar-refractivity contribution in [1.82, 2.24) is 20.2 Å². The predicted octanol–water partition coefficient (Wildman–Crippen LogP) is 3.86. The molecule has 0 saturated carbocycles. The SMILES string of the molecule is CC1CCN(c2nc3n[nH]c(-c4cccc(Cl)c4Cl)c3c(=O)[nH]2)CC1. The van der Waals surface area contributed by atoms with Gasteiger partial charge in [0.1, 0.15) is 5.39 Å². The Hall–Kier alpha value is -2.05. The number of rotatable bonds is 2. The number of H-pyrrole nitrogens is 2. The number of anilines is 1. The molecule has 0 aliphatic carbocycles. The van der Waals surface area contributed by atoms with Crippen molar-refractivity contribution in [1.29, 1.82) is 0 Å². The van der Waals surface area contributed by atoms with Crippen LogP contribution in [0.1, 0.15) is 19.8 Å². The van der Waals surface area contributed by atoms with Crippen LogP contribution in [0.5, 0.6) is 0 Å². The molecule has 3 heterocycles. The molecule has 0 amide bonds. The van der Waals surface area contributed by atoms with Gasteiger partial charge in [-0.15, -0.1) is 0 Å². The van der Waals surface area contributed by atoms with Gasteiger partial charge in [-0.25, -0.2) is 0 Å². The monoisotopic (exact) mass is 377 g/mol. The zero-order valence-electron chi connectivity index (χ0n) is 13.6. The van der Waals surface area contributed by atoms with Gasteiger partial charge in [-0.1, -0.05) is 42.3 Å². The molecule has 0 atom stereocenters. The number of fused-ring (bicyclic) bond motifs is 1. The Morgan fingerprint density at radius 1 is 1.24 bits per heavy atom. The Morgan fingerprint density at radius 3 is 2.76 bits per heavy atom. The van der Waals surface area contributed by atoms with Crippen LogP contribution in [0, 0.1) is 5.92 Å². The Morgan fingerprint density at radius 2 is 2.00 bits per heavy atom. The molecule has 1 saturated heterocycles. The molecule has 0 radical (unpaired) electrons. The van der Waals surface area contributed by atoms with Crippen molar-refractivity contribution >= 4 is 40.2 Å². The van der Waals surface area contributed by atoms with Crippen LogP contribution in [-0.4, -0.2) is 33.3 Å². The van der Waals surface area contributed by atoms with E-state index in [1.165, 1.54) is 0 Å². The molecule has 0 spiro atoms. The van der Waals surface area contributed by atoms with Crippen LogP contribution in [0.4, 0.5) is 5.95 Å². The molecular formula is C17H17Cl2N5O. The molecular weight excluding hydrogens is 361 g/mol. The maximum absolute atomic E-state index is 12.7. The third-order valence-electron chi connectivity index (χ3n) is 4.72. The average molecular weight is 378 g/mol. The van der Waals surface area contributed by atoms with Gasteiger partial charge in [-0.3, -0.25) is 14.9 Å². The number of hydrogen-bond donors (Lipinski definition) is 2. The first kappa shape index (κ1) is 16.4. The smallest absolute Gasteiger partial charge is 0.264 e. The molecule has 25 heavy (non-hydrogen) atoms. The number of nitrogens with one attached hydrogen (secondary N) is 2. The molecule has 4 rings (SSSR count). The second-order valence-electron chi connectivity index (χ2n) is 6.46. The third-order valence-corrected chi connectivity index (χ3v) is 5.53. The van der Waals surface area contributed by atoms with Gasteiger partial charge in [0.05, 0.1) is 15.7 Å². The van der Waals surface area contributed by atoms with Gasteiger partial charge in [0.15, 0.2) is 5.65 Å². The lowest BCUT2D eigenvalue weighted by atomic mass is 10.00. The van der Waals surface area contributed by atoms with E-state index in [0.717, 1.165) is 25.9 Å². The quantitative estimate of drug-likeness (QED) is 0.710. The van der Waals surface area contributed by atoms with Crippen molar-refractivity contribution in [3.8, 4) is 11.3 Å². The Labute approximate surface area is 154 Å². The predicted molar refractivity (Wildman–Crippen MR) is 101 cm³/mol. The van der Waals surface area contributed by atoms with Gasteiger partial charge in [0.2, 0.25) is 5.95 Å². The lowest BCUT2D eigenvalue weighted by molar-refractivity contribution is 0.434. The van der Waals surface area contributed by atoms with Crippen molar-refractivity contribution in [2.24, 2.45) is 5.92 Å². The van der Waals surface area contributed by atoms with Crippen LogP contribution in [0.2, 0.25) is 10.0 Å². The van der Waals surface area contributed by atoms with Gasteiger partial charge in [-0.05, 0) is 24.8 Å². The van der Waals surface area contributed by atoms with Gasteiger partial charge < -0.3 is 4.90 Å². The van der Waals surface area contributed by atoms with Crippen molar-refractivity contribution in [2.75, 3.05) is 18.0 Å².